The van der Waals surface area contributed by atoms with Crippen molar-refractivity contribution >= 4 is 17.3 Å². The zero-order chi connectivity index (χ0) is 18.2. The molecule has 0 unspecified atom stereocenters. The van der Waals surface area contributed by atoms with Gasteiger partial charge in [0.1, 0.15) is 23.8 Å². The average molecular weight is 362 g/mol. The third-order valence-corrected chi connectivity index (χ3v) is 4.63. The van der Waals surface area contributed by atoms with E-state index in [9.17, 15) is 0 Å². The summed E-state index contributed by atoms with van der Waals surface area (Å²) in [4.78, 5) is 13.6. The second-order valence-electron chi connectivity index (χ2n) is 6.38. The molecule has 10 heteroatoms. The lowest BCUT2D eigenvalue weighted by Gasteiger charge is -2.36. The highest BCUT2D eigenvalue weighted by Crippen LogP contribution is 2.19. The molecular formula is C17H18N10. The Morgan fingerprint density at radius 2 is 1.70 bits per heavy atom. The summed E-state index contributed by atoms with van der Waals surface area (Å²) < 4.78 is 3.46. The van der Waals surface area contributed by atoms with E-state index in [1.807, 2.05) is 37.4 Å². The summed E-state index contributed by atoms with van der Waals surface area (Å²) in [5.41, 5.74) is 0.750. The Hall–Kier alpha value is -3.56. The highest BCUT2D eigenvalue weighted by Gasteiger charge is 2.20. The molecule has 0 radical (unpaired) electrons. The van der Waals surface area contributed by atoms with Gasteiger partial charge in [-0.15, -0.1) is 15.3 Å². The van der Waals surface area contributed by atoms with E-state index < -0.39 is 0 Å². The van der Waals surface area contributed by atoms with Gasteiger partial charge in [-0.2, -0.15) is 9.61 Å². The van der Waals surface area contributed by atoms with E-state index in [1.165, 1.54) is 0 Å². The van der Waals surface area contributed by atoms with Gasteiger partial charge in [-0.3, -0.25) is 0 Å². The molecule has 0 bridgehead atoms. The lowest BCUT2D eigenvalue weighted by molar-refractivity contribution is 0.633. The normalized spacial score (nSPS) is 14.9. The van der Waals surface area contributed by atoms with E-state index in [-0.39, 0.29) is 0 Å². The number of rotatable bonds is 3. The van der Waals surface area contributed by atoms with E-state index in [1.54, 1.807) is 21.7 Å². The van der Waals surface area contributed by atoms with Gasteiger partial charge >= 0.3 is 0 Å². The Bertz CT molecular complexity index is 1060. The predicted octanol–water partition coefficient (Wildman–Crippen LogP) is 0.735. The molecule has 0 spiro atoms. The lowest BCUT2D eigenvalue weighted by atomic mass is 10.3. The zero-order valence-corrected chi connectivity index (χ0v) is 14.8. The first-order chi connectivity index (χ1) is 13.3. The summed E-state index contributed by atoms with van der Waals surface area (Å²) >= 11 is 0. The van der Waals surface area contributed by atoms with Crippen molar-refractivity contribution in [3.05, 3.63) is 48.8 Å². The maximum absolute atomic E-state index is 4.62. The summed E-state index contributed by atoms with van der Waals surface area (Å²) in [5.74, 6) is 3.37. The Balaban J connectivity index is 1.34. The van der Waals surface area contributed by atoms with Crippen LogP contribution in [0.1, 0.15) is 5.82 Å². The van der Waals surface area contributed by atoms with Crippen LogP contribution in [0.15, 0.2) is 43.0 Å². The quantitative estimate of drug-likeness (QED) is 0.527. The standard InChI is InChI=1S/C17H18N10/c1-13-20-16(11-17(21-13)26-6-2-5-19-26)25-9-7-24(8-10-25)15-4-3-14-22-18-12-27(14)23-15/h2-6,11-12H,7-10H2,1H3. The van der Waals surface area contributed by atoms with Crippen LogP contribution in [0.4, 0.5) is 11.6 Å². The van der Waals surface area contributed by atoms with Gasteiger partial charge in [0.05, 0.1) is 0 Å². The number of fused-ring (bicyclic) bond motifs is 1. The van der Waals surface area contributed by atoms with Gasteiger partial charge in [-0.05, 0) is 25.1 Å². The summed E-state index contributed by atoms with van der Waals surface area (Å²) in [6.45, 7) is 5.35. The fraction of sp³-hybridized carbons (Fsp3) is 0.294. The van der Waals surface area contributed by atoms with Crippen LogP contribution >= 0.6 is 0 Å². The smallest absolute Gasteiger partial charge is 0.177 e. The van der Waals surface area contributed by atoms with Crippen molar-refractivity contribution in [3.63, 3.8) is 0 Å². The van der Waals surface area contributed by atoms with Crippen LogP contribution in [0.5, 0.6) is 0 Å². The molecule has 1 aliphatic rings. The summed E-state index contributed by atoms with van der Waals surface area (Å²) in [6, 6.07) is 7.79. The van der Waals surface area contributed by atoms with Crippen LogP contribution in [0, 0.1) is 6.92 Å². The van der Waals surface area contributed by atoms with Crippen molar-refractivity contribution in [2.45, 2.75) is 6.92 Å². The number of piperazine rings is 1. The van der Waals surface area contributed by atoms with Gasteiger partial charge in [-0.1, -0.05) is 0 Å². The molecule has 0 saturated carbocycles. The molecule has 5 rings (SSSR count). The first-order valence-corrected chi connectivity index (χ1v) is 8.79. The number of nitrogens with zero attached hydrogens (tertiary/aromatic N) is 10. The summed E-state index contributed by atoms with van der Waals surface area (Å²) in [5, 5.41) is 16.7. The van der Waals surface area contributed by atoms with Crippen LogP contribution in [0.2, 0.25) is 0 Å². The number of anilines is 2. The molecule has 4 aromatic heterocycles. The van der Waals surface area contributed by atoms with Crippen LogP contribution in [-0.4, -0.2) is 65.7 Å². The first-order valence-electron chi connectivity index (χ1n) is 8.79. The van der Waals surface area contributed by atoms with Gasteiger partial charge in [-0.25, -0.2) is 14.6 Å². The Labute approximate surface area is 155 Å². The lowest BCUT2D eigenvalue weighted by Crippen LogP contribution is -2.47. The monoisotopic (exact) mass is 362 g/mol. The van der Waals surface area contributed by atoms with Crippen molar-refractivity contribution in [1.29, 1.82) is 0 Å². The predicted molar refractivity (Wildman–Crippen MR) is 99.1 cm³/mol. The Kier molecular flexibility index (Phi) is 3.66. The van der Waals surface area contributed by atoms with Gasteiger partial charge in [0.25, 0.3) is 0 Å². The summed E-state index contributed by atoms with van der Waals surface area (Å²) in [6.07, 6.45) is 5.25. The van der Waals surface area contributed by atoms with Crippen molar-refractivity contribution in [3.8, 4) is 5.82 Å². The fourth-order valence-electron chi connectivity index (χ4n) is 3.27. The van der Waals surface area contributed by atoms with Crippen LogP contribution in [0.3, 0.4) is 0 Å². The minimum atomic E-state index is 0.736. The van der Waals surface area contributed by atoms with Gasteiger partial charge < -0.3 is 9.80 Å². The topological polar surface area (TPSA) is 93.2 Å². The highest BCUT2D eigenvalue weighted by molar-refractivity contribution is 5.49. The van der Waals surface area contributed by atoms with Gasteiger partial charge in [0.2, 0.25) is 0 Å². The molecule has 0 atom stereocenters. The molecule has 5 heterocycles. The molecular weight excluding hydrogens is 344 g/mol. The Morgan fingerprint density at radius 3 is 2.48 bits per heavy atom. The van der Waals surface area contributed by atoms with Crippen LogP contribution < -0.4 is 9.80 Å². The van der Waals surface area contributed by atoms with Crippen molar-refractivity contribution in [2.75, 3.05) is 36.0 Å². The molecule has 0 amide bonds. The van der Waals surface area contributed by atoms with E-state index in [0.29, 0.717) is 0 Å². The van der Waals surface area contributed by atoms with E-state index in [4.69, 9.17) is 0 Å². The van der Waals surface area contributed by atoms with Gasteiger partial charge in [0, 0.05) is 44.6 Å². The van der Waals surface area contributed by atoms with Gasteiger partial charge in [0.15, 0.2) is 11.5 Å². The van der Waals surface area contributed by atoms with Crippen LogP contribution in [-0.2, 0) is 0 Å². The first kappa shape index (κ1) is 15.7. The third-order valence-electron chi connectivity index (χ3n) is 4.63. The molecule has 1 aliphatic heterocycles. The molecule has 10 nitrogen and oxygen atoms in total. The number of aryl methyl sites for hydroxylation is 1. The van der Waals surface area contributed by atoms with Crippen molar-refractivity contribution in [2.24, 2.45) is 0 Å². The van der Waals surface area contributed by atoms with Crippen LogP contribution in [0.25, 0.3) is 11.5 Å². The van der Waals surface area contributed by atoms with Crippen molar-refractivity contribution in [1.82, 2.24) is 39.6 Å². The highest BCUT2D eigenvalue weighted by atomic mass is 15.4. The maximum atomic E-state index is 4.62. The number of hydrogen-bond acceptors (Lipinski definition) is 8. The minimum absolute atomic E-state index is 0.736. The molecule has 136 valence electrons. The minimum Gasteiger partial charge on any atom is -0.353 e. The molecule has 27 heavy (non-hydrogen) atoms. The molecule has 1 fully saturated rings. The largest absolute Gasteiger partial charge is 0.353 e. The molecule has 0 N–H and O–H groups in total. The van der Waals surface area contributed by atoms with Crippen molar-refractivity contribution < 1.29 is 0 Å². The van der Waals surface area contributed by atoms with E-state index >= 15 is 0 Å². The molecule has 0 aliphatic carbocycles. The SMILES string of the molecule is Cc1nc(N2CCN(c3ccc4nncn4n3)CC2)cc(-n2cccn2)n1. The summed E-state index contributed by atoms with van der Waals surface area (Å²) in [7, 11) is 0. The third kappa shape index (κ3) is 2.94. The Morgan fingerprint density at radius 1 is 0.926 bits per heavy atom. The maximum Gasteiger partial charge on any atom is 0.177 e. The second-order valence-corrected chi connectivity index (χ2v) is 6.38. The fourth-order valence-corrected chi connectivity index (χ4v) is 3.27. The average Bonchev–Trinajstić information content (AvgIpc) is 3.39. The molecule has 1 saturated heterocycles. The van der Waals surface area contributed by atoms with E-state index in [0.717, 1.165) is 55.1 Å². The molecule has 0 aromatic carbocycles. The second kappa shape index (κ2) is 6.31. The number of hydrogen-bond donors (Lipinski definition) is 0. The van der Waals surface area contributed by atoms with E-state index in [2.05, 4.69) is 40.2 Å². The molecule has 4 aromatic rings. The zero-order valence-electron chi connectivity index (χ0n) is 14.8. The number of aromatic nitrogens is 8.